The summed E-state index contributed by atoms with van der Waals surface area (Å²) in [4.78, 5) is 15.9. The Balaban J connectivity index is 1.90. The average molecular weight is 319 g/mol. The summed E-state index contributed by atoms with van der Waals surface area (Å²) in [5.74, 6) is 0.843. The first-order valence-corrected chi connectivity index (χ1v) is 7.38. The second-order valence-electron chi connectivity index (χ2n) is 5.39. The van der Waals surface area contributed by atoms with Crippen molar-refractivity contribution in [3.63, 3.8) is 0 Å². The van der Waals surface area contributed by atoms with E-state index in [4.69, 9.17) is 5.73 Å². The third kappa shape index (κ3) is 3.33. The molecule has 0 aliphatic carbocycles. The van der Waals surface area contributed by atoms with E-state index in [0.29, 0.717) is 17.2 Å². The van der Waals surface area contributed by atoms with E-state index in [0.717, 1.165) is 17.0 Å². The van der Waals surface area contributed by atoms with Gasteiger partial charge in [-0.25, -0.2) is 4.98 Å². The lowest BCUT2D eigenvalue weighted by molar-refractivity contribution is -0.112. The Labute approximate surface area is 139 Å². The van der Waals surface area contributed by atoms with E-state index in [1.165, 1.54) is 0 Å². The summed E-state index contributed by atoms with van der Waals surface area (Å²) < 4.78 is 0. The third-order valence-electron chi connectivity index (χ3n) is 3.52. The van der Waals surface area contributed by atoms with Crippen LogP contribution in [0.5, 0.6) is 0 Å². The van der Waals surface area contributed by atoms with Crippen LogP contribution in [0.25, 0.3) is 16.8 Å². The first-order valence-electron chi connectivity index (χ1n) is 7.38. The molecule has 2 heterocycles. The molecule has 24 heavy (non-hydrogen) atoms. The zero-order valence-electron chi connectivity index (χ0n) is 13.2. The van der Waals surface area contributed by atoms with Crippen LogP contribution in [0.4, 0.5) is 11.6 Å². The first-order chi connectivity index (χ1) is 11.5. The summed E-state index contributed by atoms with van der Waals surface area (Å²) in [7, 11) is 0. The number of carbonyl (C=O) groups is 1. The maximum Gasteiger partial charge on any atom is 0.248 e. The number of pyridine rings is 1. The maximum absolute atomic E-state index is 11.3. The van der Waals surface area contributed by atoms with Gasteiger partial charge in [-0.15, -0.1) is 0 Å². The van der Waals surface area contributed by atoms with Crippen molar-refractivity contribution in [3.8, 4) is 11.3 Å². The summed E-state index contributed by atoms with van der Waals surface area (Å²) in [6.07, 6.45) is 0. The Morgan fingerprint density at radius 1 is 1.17 bits per heavy atom. The summed E-state index contributed by atoms with van der Waals surface area (Å²) in [6, 6.07) is 15.0. The molecule has 3 rings (SSSR count). The minimum Gasteiger partial charge on any atom is -0.366 e. The van der Waals surface area contributed by atoms with E-state index in [9.17, 15) is 4.79 Å². The number of nitrogens with zero attached hydrogens (tertiary/aromatic N) is 2. The van der Waals surface area contributed by atoms with Gasteiger partial charge in [0, 0.05) is 22.9 Å². The molecular formula is C18H17N5O. The molecule has 0 aliphatic rings. The fourth-order valence-corrected chi connectivity index (χ4v) is 2.29. The van der Waals surface area contributed by atoms with Crippen molar-refractivity contribution in [1.29, 1.82) is 0 Å². The van der Waals surface area contributed by atoms with Gasteiger partial charge in [0.1, 0.15) is 5.82 Å². The van der Waals surface area contributed by atoms with Gasteiger partial charge in [0.15, 0.2) is 5.82 Å². The second-order valence-corrected chi connectivity index (χ2v) is 5.39. The topological polar surface area (TPSA) is 96.7 Å². The van der Waals surface area contributed by atoms with Crippen LogP contribution in [0.3, 0.4) is 0 Å². The van der Waals surface area contributed by atoms with Crippen LogP contribution in [-0.2, 0) is 4.79 Å². The van der Waals surface area contributed by atoms with Crippen molar-refractivity contribution >= 4 is 23.1 Å². The summed E-state index contributed by atoms with van der Waals surface area (Å²) in [5, 5.41) is 10.1. The van der Waals surface area contributed by atoms with Crippen LogP contribution in [0.1, 0.15) is 11.3 Å². The standard InChI is InChI=1S/C18H17N5O/c1-11-9-17(23-22-11)21-16-8-4-7-15(20-16)14-6-3-5-13(10-14)12(2)18(19)24/h3-10H,2H2,1H3,(H2,19,24)(H2,20,21,22,23). The van der Waals surface area contributed by atoms with Gasteiger partial charge in [0.25, 0.3) is 0 Å². The van der Waals surface area contributed by atoms with Crippen LogP contribution in [-0.4, -0.2) is 21.1 Å². The van der Waals surface area contributed by atoms with Crippen LogP contribution < -0.4 is 11.1 Å². The zero-order chi connectivity index (χ0) is 17.1. The van der Waals surface area contributed by atoms with E-state index in [2.05, 4.69) is 27.1 Å². The summed E-state index contributed by atoms with van der Waals surface area (Å²) in [5.41, 5.74) is 8.86. The lowest BCUT2D eigenvalue weighted by Crippen LogP contribution is -2.11. The lowest BCUT2D eigenvalue weighted by atomic mass is 10.0. The molecular weight excluding hydrogens is 302 g/mol. The van der Waals surface area contributed by atoms with Gasteiger partial charge in [-0.3, -0.25) is 9.89 Å². The lowest BCUT2D eigenvalue weighted by Gasteiger charge is -2.08. The molecule has 0 radical (unpaired) electrons. The summed E-state index contributed by atoms with van der Waals surface area (Å²) in [6.45, 7) is 5.65. The predicted octanol–water partition coefficient (Wildman–Crippen LogP) is 3.02. The van der Waals surface area contributed by atoms with Crippen molar-refractivity contribution in [2.75, 3.05) is 5.32 Å². The number of carbonyl (C=O) groups excluding carboxylic acids is 1. The fourth-order valence-electron chi connectivity index (χ4n) is 2.29. The Hall–Kier alpha value is -3.41. The Kier molecular flexibility index (Phi) is 4.11. The number of hydrogen-bond acceptors (Lipinski definition) is 4. The summed E-state index contributed by atoms with van der Waals surface area (Å²) >= 11 is 0. The Morgan fingerprint density at radius 3 is 2.67 bits per heavy atom. The first kappa shape index (κ1) is 15.5. The van der Waals surface area contributed by atoms with Crippen molar-refractivity contribution < 1.29 is 4.79 Å². The number of primary amides is 1. The van der Waals surface area contributed by atoms with Gasteiger partial charge in [0.2, 0.25) is 5.91 Å². The molecule has 0 spiro atoms. The van der Waals surface area contributed by atoms with Gasteiger partial charge < -0.3 is 11.1 Å². The van der Waals surface area contributed by atoms with E-state index in [-0.39, 0.29) is 5.57 Å². The number of benzene rings is 1. The van der Waals surface area contributed by atoms with E-state index < -0.39 is 5.91 Å². The molecule has 0 atom stereocenters. The number of rotatable bonds is 5. The second kappa shape index (κ2) is 6.37. The van der Waals surface area contributed by atoms with Gasteiger partial charge in [-0.1, -0.05) is 30.8 Å². The average Bonchev–Trinajstić information content (AvgIpc) is 2.99. The maximum atomic E-state index is 11.3. The molecule has 1 aromatic carbocycles. The molecule has 2 aromatic heterocycles. The molecule has 0 aliphatic heterocycles. The molecule has 0 saturated carbocycles. The minimum absolute atomic E-state index is 0.276. The molecule has 6 heteroatoms. The largest absolute Gasteiger partial charge is 0.366 e. The zero-order valence-corrected chi connectivity index (χ0v) is 13.2. The molecule has 120 valence electrons. The highest BCUT2D eigenvalue weighted by Gasteiger charge is 2.08. The fraction of sp³-hybridized carbons (Fsp3) is 0.0556. The highest BCUT2D eigenvalue weighted by atomic mass is 16.1. The highest BCUT2D eigenvalue weighted by molar-refractivity contribution is 6.18. The molecule has 6 nitrogen and oxygen atoms in total. The van der Waals surface area contributed by atoms with Crippen LogP contribution in [0.2, 0.25) is 0 Å². The Bertz CT molecular complexity index is 913. The van der Waals surface area contributed by atoms with Crippen LogP contribution in [0, 0.1) is 6.92 Å². The number of nitrogens with one attached hydrogen (secondary N) is 2. The third-order valence-corrected chi connectivity index (χ3v) is 3.52. The molecule has 1 amide bonds. The molecule has 4 N–H and O–H groups in total. The minimum atomic E-state index is -0.538. The number of hydrogen-bond donors (Lipinski definition) is 3. The number of aromatic nitrogens is 3. The number of amides is 1. The number of aryl methyl sites for hydroxylation is 1. The van der Waals surface area contributed by atoms with Crippen molar-refractivity contribution in [2.24, 2.45) is 5.73 Å². The quantitative estimate of drug-likeness (QED) is 0.630. The van der Waals surface area contributed by atoms with Gasteiger partial charge >= 0.3 is 0 Å². The van der Waals surface area contributed by atoms with Gasteiger partial charge in [-0.2, -0.15) is 5.10 Å². The van der Waals surface area contributed by atoms with Crippen molar-refractivity contribution in [2.45, 2.75) is 6.92 Å². The Morgan fingerprint density at radius 2 is 1.96 bits per heavy atom. The predicted molar refractivity (Wildman–Crippen MR) is 94.5 cm³/mol. The monoisotopic (exact) mass is 319 g/mol. The van der Waals surface area contributed by atoms with Crippen LogP contribution >= 0.6 is 0 Å². The SMILES string of the molecule is C=C(C(N)=O)c1cccc(-c2cccc(Nc3cc(C)[nH]n3)n2)c1. The molecule has 0 saturated heterocycles. The van der Waals surface area contributed by atoms with E-state index >= 15 is 0 Å². The molecule has 0 unspecified atom stereocenters. The highest BCUT2D eigenvalue weighted by Crippen LogP contribution is 2.23. The normalized spacial score (nSPS) is 10.4. The van der Waals surface area contributed by atoms with E-state index in [1.807, 2.05) is 49.4 Å². The number of aromatic amines is 1. The van der Waals surface area contributed by atoms with Crippen molar-refractivity contribution in [1.82, 2.24) is 15.2 Å². The van der Waals surface area contributed by atoms with E-state index in [1.54, 1.807) is 6.07 Å². The molecule has 3 aromatic rings. The smallest absolute Gasteiger partial charge is 0.248 e. The number of anilines is 2. The molecule has 0 fully saturated rings. The number of nitrogens with two attached hydrogens (primary N) is 1. The van der Waals surface area contributed by atoms with Crippen molar-refractivity contribution in [3.05, 3.63) is 66.4 Å². The van der Waals surface area contributed by atoms with Crippen LogP contribution in [0.15, 0.2) is 55.1 Å². The molecule has 0 bridgehead atoms. The van der Waals surface area contributed by atoms with Gasteiger partial charge in [-0.05, 0) is 30.7 Å². The van der Waals surface area contributed by atoms with Gasteiger partial charge in [0.05, 0.1) is 5.69 Å². The number of H-pyrrole nitrogens is 1.